The highest BCUT2D eigenvalue weighted by Crippen LogP contribution is 2.01. The predicted octanol–water partition coefficient (Wildman–Crippen LogP) is 3.67. The fourth-order valence-corrected chi connectivity index (χ4v) is 2.47. The number of aliphatic hydroxyl groups is 1. The minimum atomic E-state index is 0.133. The van der Waals surface area contributed by atoms with Crippen LogP contribution in [0.15, 0.2) is 24.3 Å². The molecule has 24 heavy (non-hydrogen) atoms. The van der Waals surface area contributed by atoms with Crippen LogP contribution >= 0.6 is 0 Å². The Balaban J connectivity index is 3.73. The van der Waals surface area contributed by atoms with Crippen molar-refractivity contribution in [3.63, 3.8) is 0 Å². The molecule has 0 fully saturated rings. The van der Waals surface area contributed by atoms with Gasteiger partial charge in [0.2, 0.25) is 5.91 Å². The molecule has 0 atom stereocenters. The summed E-state index contributed by atoms with van der Waals surface area (Å²) in [6, 6.07) is 0. The van der Waals surface area contributed by atoms with E-state index in [2.05, 4.69) is 48.4 Å². The average molecular weight is 339 g/mol. The number of nitrogens with one attached hydrogen (secondary N) is 1. The highest BCUT2D eigenvalue weighted by atomic mass is 16.3. The van der Waals surface area contributed by atoms with Gasteiger partial charge < -0.3 is 10.4 Å². The van der Waals surface area contributed by atoms with Crippen molar-refractivity contribution in [1.29, 1.82) is 0 Å². The molecule has 0 rings (SSSR count). The Morgan fingerprint density at radius 1 is 0.917 bits per heavy atom. The van der Waals surface area contributed by atoms with Gasteiger partial charge in [-0.25, -0.2) is 0 Å². The highest BCUT2D eigenvalue weighted by molar-refractivity contribution is 5.75. The van der Waals surface area contributed by atoms with Gasteiger partial charge in [-0.3, -0.25) is 9.69 Å². The zero-order chi connectivity index (χ0) is 17.9. The molecule has 0 bridgehead atoms. The molecule has 0 radical (unpaired) electrons. The Kier molecular flexibility index (Phi) is 17.4. The average Bonchev–Trinajstić information content (AvgIpc) is 2.57. The Morgan fingerprint density at radius 3 is 2.21 bits per heavy atom. The molecule has 0 unspecified atom stereocenters. The van der Waals surface area contributed by atoms with Crippen LogP contribution in [0.2, 0.25) is 0 Å². The van der Waals surface area contributed by atoms with Gasteiger partial charge in [-0.2, -0.15) is 0 Å². The quantitative estimate of drug-likeness (QED) is 0.333. The number of hydrogen-bond donors (Lipinski definition) is 2. The van der Waals surface area contributed by atoms with Gasteiger partial charge in [0, 0.05) is 26.1 Å². The fourth-order valence-electron chi connectivity index (χ4n) is 2.47. The van der Waals surface area contributed by atoms with Crippen LogP contribution in [0.25, 0.3) is 0 Å². The Hall–Kier alpha value is -1.13. The van der Waals surface area contributed by atoms with Gasteiger partial charge in [0.1, 0.15) is 0 Å². The monoisotopic (exact) mass is 338 g/mol. The SMILES string of the molecule is CC/C=C/CCCCN(CCO)CCNC(=O)CCC/C=C/CC. The van der Waals surface area contributed by atoms with E-state index in [0.717, 1.165) is 51.6 Å². The smallest absolute Gasteiger partial charge is 0.220 e. The third-order valence-electron chi connectivity index (χ3n) is 3.84. The van der Waals surface area contributed by atoms with Crippen molar-refractivity contribution in [2.45, 2.75) is 65.2 Å². The summed E-state index contributed by atoms with van der Waals surface area (Å²) < 4.78 is 0. The van der Waals surface area contributed by atoms with Gasteiger partial charge in [-0.15, -0.1) is 0 Å². The van der Waals surface area contributed by atoms with E-state index in [9.17, 15) is 4.79 Å². The Labute approximate surface area is 149 Å². The van der Waals surface area contributed by atoms with Crippen LogP contribution in [-0.2, 0) is 4.79 Å². The van der Waals surface area contributed by atoms with Crippen LogP contribution in [-0.4, -0.2) is 48.7 Å². The van der Waals surface area contributed by atoms with Gasteiger partial charge in [0.25, 0.3) is 0 Å². The summed E-state index contributed by atoms with van der Waals surface area (Å²) in [5, 5.41) is 12.1. The van der Waals surface area contributed by atoms with Crippen LogP contribution in [0.1, 0.15) is 65.2 Å². The molecule has 0 saturated heterocycles. The summed E-state index contributed by atoms with van der Waals surface area (Å²) in [6.45, 7) is 7.58. The molecule has 0 aliphatic carbocycles. The fraction of sp³-hybridized carbons (Fsp3) is 0.750. The van der Waals surface area contributed by atoms with E-state index in [0.29, 0.717) is 19.5 Å². The number of carbonyl (C=O) groups excluding carboxylic acids is 1. The van der Waals surface area contributed by atoms with Crippen LogP contribution in [0.3, 0.4) is 0 Å². The molecule has 2 N–H and O–H groups in total. The molecule has 0 spiro atoms. The maximum atomic E-state index is 11.8. The molecule has 0 aromatic rings. The molecule has 0 aliphatic heterocycles. The van der Waals surface area contributed by atoms with E-state index >= 15 is 0 Å². The largest absolute Gasteiger partial charge is 0.395 e. The lowest BCUT2D eigenvalue weighted by Gasteiger charge is -2.21. The molecule has 1 amide bonds. The van der Waals surface area contributed by atoms with Crippen molar-refractivity contribution in [1.82, 2.24) is 10.2 Å². The molecule has 140 valence electrons. The maximum Gasteiger partial charge on any atom is 0.220 e. The third kappa shape index (κ3) is 15.8. The summed E-state index contributed by atoms with van der Waals surface area (Å²) in [4.78, 5) is 14.0. The van der Waals surface area contributed by atoms with E-state index in [1.165, 1.54) is 6.42 Å². The standard InChI is InChI=1S/C20H38N2O2/c1-3-5-7-9-11-13-16-22(18-19-23)17-15-21-20(24)14-12-10-8-6-4-2/h5-8,23H,3-4,9-19H2,1-2H3,(H,21,24)/b7-5+,8-6+. The maximum absolute atomic E-state index is 11.8. The highest BCUT2D eigenvalue weighted by Gasteiger charge is 2.05. The first-order chi connectivity index (χ1) is 11.7. The Bertz CT molecular complexity index is 341. The number of amides is 1. The second-order valence-electron chi connectivity index (χ2n) is 6.06. The number of nitrogens with zero attached hydrogens (tertiary/aromatic N) is 1. The van der Waals surface area contributed by atoms with Gasteiger partial charge in [0.05, 0.1) is 6.61 Å². The van der Waals surface area contributed by atoms with E-state index in [4.69, 9.17) is 5.11 Å². The minimum absolute atomic E-state index is 0.133. The molecule has 0 saturated carbocycles. The third-order valence-corrected chi connectivity index (χ3v) is 3.84. The number of carbonyl (C=O) groups is 1. The molecule has 0 aromatic carbocycles. The topological polar surface area (TPSA) is 52.6 Å². The van der Waals surface area contributed by atoms with Crippen molar-refractivity contribution < 1.29 is 9.90 Å². The number of aliphatic hydroxyl groups excluding tert-OH is 1. The van der Waals surface area contributed by atoms with Crippen molar-refractivity contribution in [3.8, 4) is 0 Å². The number of rotatable bonds is 16. The molecule has 4 heteroatoms. The zero-order valence-electron chi connectivity index (χ0n) is 15.8. The zero-order valence-corrected chi connectivity index (χ0v) is 15.8. The lowest BCUT2D eigenvalue weighted by Crippen LogP contribution is -2.36. The van der Waals surface area contributed by atoms with Gasteiger partial charge in [-0.1, -0.05) is 38.2 Å². The lowest BCUT2D eigenvalue weighted by atomic mass is 10.2. The first kappa shape index (κ1) is 22.9. The van der Waals surface area contributed by atoms with Crippen LogP contribution in [0, 0.1) is 0 Å². The van der Waals surface area contributed by atoms with Gasteiger partial charge >= 0.3 is 0 Å². The van der Waals surface area contributed by atoms with Gasteiger partial charge in [0.15, 0.2) is 0 Å². The van der Waals surface area contributed by atoms with Crippen molar-refractivity contribution in [2.75, 3.05) is 32.8 Å². The van der Waals surface area contributed by atoms with E-state index in [1.54, 1.807) is 0 Å². The van der Waals surface area contributed by atoms with E-state index in [-0.39, 0.29) is 12.5 Å². The van der Waals surface area contributed by atoms with Crippen LogP contribution < -0.4 is 5.32 Å². The molecule has 0 aromatic heterocycles. The normalized spacial score (nSPS) is 11.8. The summed E-state index contributed by atoms with van der Waals surface area (Å²) in [7, 11) is 0. The second kappa shape index (κ2) is 18.2. The Morgan fingerprint density at radius 2 is 1.58 bits per heavy atom. The summed E-state index contributed by atoms with van der Waals surface area (Å²) in [6.07, 6.45) is 16.8. The van der Waals surface area contributed by atoms with Gasteiger partial charge in [-0.05, 0) is 51.5 Å². The van der Waals surface area contributed by atoms with Crippen LogP contribution in [0.5, 0.6) is 0 Å². The molecular formula is C20H38N2O2. The second-order valence-corrected chi connectivity index (χ2v) is 6.06. The van der Waals surface area contributed by atoms with E-state index < -0.39 is 0 Å². The molecule has 4 nitrogen and oxygen atoms in total. The number of allylic oxidation sites excluding steroid dienone is 4. The van der Waals surface area contributed by atoms with Crippen molar-refractivity contribution in [2.24, 2.45) is 0 Å². The number of unbranched alkanes of at least 4 members (excludes halogenated alkanes) is 3. The first-order valence-electron chi connectivity index (χ1n) is 9.64. The van der Waals surface area contributed by atoms with E-state index in [1.807, 2.05) is 0 Å². The minimum Gasteiger partial charge on any atom is -0.395 e. The van der Waals surface area contributed by atoms with Crippen molar-refractivity contribution in [3.05, 3.63) is 24.3 Å². The summed E-state index contributed by atoms with van der Waals surface area (Å²) in [5.41, 5.74) is 0. The molecule has 0 aliphatic rings. The summed E-state index contributed by atoms with van der Waals surface area (Å²) >= 11 is 0. The van der Waals surface area contributed by atoms with Crippen LogP contribution in [0.4, 0.5) is 0 Å². The molecule has 0 heterocycles. The first-order valence-corrected chi connectivity index (χ1v) is 9.64. The van der Waals surface area contributed by atoms with Crippen molar-refractivity contribution >= 4 is 5.91 Å². The lowest BCUT2D eigenvalue weighted by molar-refractivity contribution is -0.121. The molecular weight excluding hydrogens is 300 g/mol. The predicted molar refractivity (Wildman–Crippen MR) is 103 cm³/mol. The number of hydrogen-bond acceptors (Lipinski definition) is 3. The summed E-state index contributed by atoms with van der Waals surface area (Å²) in [5.74, 6) is 0.133.